The minimum absolute atomic E-state index is 0.331. The summed E-state index contributed by atoms with van der Waals surface area (Å²) in [6.07, 6.45) is 5.22. The van der Waals surface area contributed by atoms with Crippen molar-refractivity contribution in [3.05, 3.63) is 34.6 Å². The molecule has 198 valence electrons. The Balaban J connectivity index is 1.25. The van der Waals surface area contributed by atoms with Crippen molar-refractivity contribution < 1.29 is 0 Å². The molecule has 2 saturated heterocycles. The highest BCUT2D eigenvalue weighted by atomic mass is 35.5. The Hall–Kier alpha value is -2.70. The van der Waals surface area contributed by atoms with E-state index in [1.807, 2.05) is 6.07 Å². The fourth-order valence-electron chi connectivity index (χ4n) is 5.18. The predicted molar refractivity (Wildman–Crippen MR) is 148 cm³/mol. The minimum atomic E-state index is 0.331. The molecule has 0 bridgehead atoms. The summed E-state index contributed by atoms with van der Waals surface area (Å²) < 4.78 is 1.75. The maximum Gasteiger partial charge on any atom is 0.247 e. The average molecular weight is 526 g/mol. The average Bonchev–Trinajstić information content (AvgIpc) is 3.62. The topological polar surface area (TPSA) is 129 Å². The van der Waals surface area contributed by atoms with Crippen molar-refractivity contribution in [3.8, 4) is 0 Å². The van der Waals surface area contributed by atoms with Gasteiger partial charge in [0.25, 0.3) is 0 Å². The maximum absolute atomic E-state index is 6.99. The van der Waals surface area contributed by atoms with E-state index in [0.717, 1.165) is 68.2 Å². The van der Waals surface area contributed by atoms with E-state index in [9.17, 15) is 0 Å². The molecule has 3 fully saturated rings. The largest absolute Gasteiger partial charge is 0.367 e. The molecule has 1 saturated carbocycles. The molecule has 2 aromatic heterocycles. The number of rotatable bonds is 8. The lowest BCUT2D eigenvalue weighted by atomic mass is 10.0. The zero-order valence-electron chi connectivity index (χ0n) is 21.3. The van der Waals surface area contributed by atoms with Gasteiger partial charge in [-0.1, -0.05) is 11.6 Å². The van der Waals surface area contributed by atoms with E-state index in [2.05, 4.69) is 48.5 Å². The van der Waals surface area contributed by atoms with Crippen molar-refractivity contribution in [2.45, 2.75) is 44.4 Å². The number of halogens is 1. The number of likely N-dealkylation sites (N-methyl/N-ethyl adjacent to an activating group) is 1. The summed E-state index contributed by atoms with van der Waals surface area (Å²) in [5.74, 6) is 1.13. The first-order valence-electron chi connectivity index (χ1n) is 13.2. The zero-order valence-corrected chi connectivity index (χ0v) is 22.1. The van der Waals surface area contributed by atoms with Gasteiger partial charge in [-0.05, 0) is 57.1 Å². The highest BCUT2D eigenvalue weighted by Crippen LogP contribution is 2.38. The summed E-state index contributed by atoms with van der Waals surface area (Å²) in [7, 11) is 2.21. The summed E-state index contributed by atoms with van der Waals surface area (Å²) in [4.78, 5) is 16.6. The monoisotopic (exact) mass is 525 g/mol. The Morgan fingerprint density at radius 1 is 1.08 bits per heavy atom. The number of aromatic nitrogens is 4. The van der Waals surface area contributed by atoms with Gasteiger partial charge < -0.3 is 31.9 Å². The summed E-state index contributed by atoms with van der Waals surface area (Å²) in [5, 5.41) is 12.2. The van der Waals surface area contributed by atoms with Crippen LogP contribution in [0.15, 0.2) is 18.3 Å². The third kappa shape index (κ3) is 5.06. The third-order valence-corrected chi connectivity index (χ3v) is 8.03. The second kappa shape index (κ2) is 10.2. The van der Waals surface area contributed by atoms with Crippen molar-refractivity contribution in [1.29, 1.82) is 0 Å². The first kappa shape index (κ1) is 24.6. The molecule has 2 aliphatic heterocycles. The van der Waals surface area contributed by atoms with Crippen molar-refractivity contribution in [2.24, 2.45) is 11.5 Å². The molecule has 1 aliphatic carbocycles. The molecule has 6 rings (SSSR count). The molecule has 0 unspecified atom stereocenters. The molecular weight excluding hydrogens is 490 g/mol. The van der Waals surface area contributed by atoms with Crippen LogP contribution in [0.25, 0.3) is 5.65 Å². The van der Waals surface area contributed by atoms with Crippen LogP contribution in [0.3, 0.4) is 0 Å². The molecule has 4 heterocycles. The van der Waals surface area contributed by atoms with Gasteiger partial charge in [0, 0.05) is 51.4 Å². The van der Waals surface area contributed by atoms with E-state index in [1.165, 1.54) is 13.0 Å². The lowest BCUT2D eigenvalue weighted by Gasteiger charge is -2.47. The van der Waals surface area contributed by atoms with Crippen LogP contribution >= 0.6 is 11.6 Å². The fraction of sp³-hybridized carbons (Fsp3) is 0.560. The van der Waals surface area contributed by atoms with E-state index in [-0.39, 0.29) is 0 Å². The van der Waals surface area contributed by atoms with Gasteiger partial charge in [0.2, 0.25) is 5.95 Å². The van der Waals surface area contributed by atoms with Gasteiger partial charge in [0.05, 0.1) is 28.3 Å². The highest BCUT2D eigenvalue weighted by Gasteiger charge is 2.34. The smallest absolute Gasteiger partial charge is 0.247 e. The molecule has 3 aromatic rings. The Kier molecular flexibility index (Phi) is 6.80. The van der Waals surface area contributed by atoms with Crippen LogP contribution in [0.5, 0.6) is 0 Å². The standard InChI is InChI=1S/C25H36ClN11/c1-34-5-2-6-35(8-7-34)19-14-36(15-19)21-10-16(11-27)9-20(22(21)26)31-25-32-23(30-17-3-4-17)24-29-13-18(12-28)37(24)33-25/h9-10,13,17,19H,2-8,11-12,14-15,27-28H2,1H3,(H2,30,31,32,33). The Morgan fingerprint density at radius 3 is 2.68 bits per heavy atom. The second-order valence-electron chi connectivity index (χ2n) is 10.4. The molecule has 37 heavy (non-hydrogen) atoms. The number of hydrogen-bond acceptors (Lipinski definition) is 10. The minimum Gasteiger partial charge on any atom is -0.367 e. The number of benzene rings is 1. The number of anilines is 4. The molecule has 11 nitrogen and oxygen atoms in total. The Bertz CT molecular complexity index is 1270. The summed E-state index contributed by atoms with van der Waals surface area (Å²) in [6.45, 7) is 7.24. The van der Waals surface area contributed by atoms with E-state index in [1.54, 1.807) is 10.7 Å². The molecule has 1 aromatic carbocycles. The van der Waals surface area contributed by atoms with Crippen molar-refractivity contribution in [3.63, 3.8) is 0 Å². The van der Waals surface area contributed by atoms with E-state index >= 15 is 0 Å². The van der Waals surface area contributed by atoms with E-state index in [4.69, 9.17) is 28.1 Å². The van der Waals surface area contributed by atoms with Crippen molar-refractivity contribution in [2.75, 3.05) is 61.8 Å². The number of nitrogens with two attached hydrogens (primary N) is 2. The van der Waals surface area contributed by atoms with Crippen LogP contribution in [0.1, 0.15) is 30.5 Å². The predicted octanol–water partition coefficient (Wildman–Crippen LogP) is 1.84. The molecule has 0 atom stereocenters. The lowest BCUT2D eigenvalue weighted by Crippen LogP contribution is -2.60. The summed E-state index contributed by atoms with van der Waals surface area (Å²) in [6, 6.07) is 5.06. The highest BCUT2D eigenvalue weighted by molar-refractivity contribution is 6.36. The quantitative estimate of drug-likeness (QED) is 0.345. The van der Waals surface area contributed by atoms with Crippen molar-refractivity contribution >= 4 is 40.4 Å². The van der Waals surface area contributed by atoms with Crippen LogP contribution in [0.4, 0.5) is 23.1 Å². The first-order valence-corrected chi connectivity index (χ1v) is 13.6. The Labute approximate surface area is 222 Å². The van der Waals surface area contributed by atoms with Gasteiger partial charge in [0.15, 0.2) is 11.5 Å². The summed E-state index contributed by atoms with van der Waals surface area (Å²) >= 11 is 6.99. The SMILES string of the molecule is CN1CCCN(C2CN(c3cc(CN)cc(Nc4nc(NC5CC5)c5ncc(CN)n5n4)c3Cl)C2)CC1. The molecule has 0 spiro atoms. The Morgan fingerprint density at radius 2 is 1.92 bits per heavy atom. The van der Waals surface area contributed by atoms with Crippen LogP contribution in [-0.2, 0) is 13.1 Å². The molecule has 12 heteroatoms. The van der Waals surface area contributed by atoms with Gasteiger partial charge >= 0.3 is 0 Å². The normalized spacial score (nSPS) is 19.7. The maximum atomic E-state index is 6.99. The van der Waals surface area contributed by atoms with Crippen LogP contribution in [0, 0.1) is 0 Å². The molecule has 0 amide bonds. The van der Waals surface area contributed by atoms with Gasteiger partial charge in [-0.2, -0.15) is 4.98 Å². The second-order valence-corrected chi connectivity index (χ2v) is 10.8. The van der Waals surface area contributed by atoms with Crippen LogP contribution in [0.2, 0.25) is 5.02 Å². The zero-order chi connectivity index (χ0) is 25.5. The van der Waals surface area contributed by atoms with Crippen LogP contribution in [-0.4, -0.2) is 87.8 Å². The number of fused-ring (bicyclic) bond motifs is 1. The molecule has 3 aliphatic rings. The van der Waals surface area contributed by atoms with E-state index < -0.39 is 0 Å². The van der Waals surface area contributed by atoms with Gasteiger partial charge in [0.1, 0.15) is 0 Å². The van der Waals surface area contributed by atoms with Crippen LogP contribution < -0.4 is 27.0 Å². The summed E-state index contributed by atoms with van der Waals surface area (Å²) in [5.41, 5.74) is 16.2. The first-order chi connectivity index (χ1) is 18.0. The number of imidazole rings is 1. The van der Waals surface area contributed by atoms with Crippen molar-refractivity contribution in [1.82, 2.24) is 29.4 Å². The number of hydrogen-bond donors (Lipinski definition) is 4. The lowest BCUT2D eigenvalue weighted by molar-refractivity contribution is 0.172. The van der Waals surface area contributed by atoms with Gasteiger partial charge in [-0.3, -0.25) is 4.90 Å². The fourth-order valence-corrected chi connectivity index (χ4v) is 5.45. The third-order valence-electron chi connectivity index (χ3n) is 7.63. The number of nitrogens with zero attached hydrogens (tertiary/aromatic N) is 7. The van der Waals surface area contributed by atoms with Gasteiger partial charge in [-0.15, -0.1) is 5.10 Å². The van der Waals surface area contributed by atoms with E-state index in [0.29, 0.717) is 47.6 Å². The molecule has 6 N–H and O–H groups in total. The van der Waals surface area contributed by atoms with Gasteiger partial charge in [-0.25, -0.2) is 9.50 Å². The number of nitrogens with one attached hydrogen (secondary N) is 2. The molecular formula is C25H36ClN11. The molecule has 0 radical (unpaired) electrons.